The van der Waals surface area contributed by atoms with Gasteiger partial charge in [0, 0.05) is 11.3 Å². The lowest BCUT2D eigenvalue weighted by molar-refractivity contribution is 0.102. The molecular formula is C18H21NO5S. The van der Waals surface area contributed by atoms with Crippen LogP contribution < -0.4 is 10.1 Å². The molecule has 0 aliphatic carbocycles. The van der Waals surface area contributed by atoms with E-state index in [0.717, 1.165) is 12.8 Å². The zero-order valence-electron chi connectivity index (χ0n) is 14.2. The number of ether oxygens (including phenoxy) is 1. The molecule has 0 saturated heterocycles. The maximum Gasteiger partial charge on any atom is 0.294 e. The topological polar surface area (TPSA) is 92.7 Å². The molecule has 0 atom stereocenters. The van der Waals surface area contributed by atoms with Crippen LogP contribution in [-0.4, -0.2) is 25.5 Å². The van der Waals surface area contributed by atoms with Crippen LogP contribution >= 0.6 is 0 Å². The molecule has 134 valence electrons. The first kappa shape index (κ1) is 19.0. The molecule has 0 heterocycles. The fourth-order valence-corrected chi connectivity index (χ4v) is 2.73. The van der Waals surface area contributed by atoms with Gasteiger partial charge in [-0.1, -0.05) is 13.3 Å². The number of benzene rings is 2. The van der Waals surface area contributed by atoms with Gasteiger partial charge in [-0.05, 0) is 61.4 Å². The largest absolute Gasteiger partial charge is 0.494 e. The van der Waals surface area contributed by atoms with Gasteiger partial charge in [0.1, 0.15) is 5.75 Å². The molecule has 2 N–H and O–H groups in total. The monoisotopic (exact) mass is 363 g/mol. The summed E-state index contributed by atoms with van der Waals surface area (Å²) in [4.78, 5) is 12.1. The highest BCUT2D eigenvalue weighted by Crippen LogP contribution is 2.21. The summed E-state index contributed by atoms with van der Waals surface area (Å²) in [5.41, 5.74) is 1.46. The number of rotatable bonds is 7. The van der Waals surface area contributed by atoms with Crippen molar-refractivity contribution in [3.8, 4) is 5.75 Å². The molecule has 6 nitrogen and oxygen atoms in total. The molecule has 0 fully saturated rings. The molecule has 1 amide bonds. The Bertz CT molecular complexity index is 844. The smallest absolute Gasteiger partial charge is 0.294 e. The second-order valence-electron chi connectivity index (χ2n) is 5.63. The Morgan fingerprint density at radius 3 is 2.40 bits per heavy atom. The lowest BCUT2D eigenvalue weighted by Crippen LogP contribution is -2.13. The first-order valence-electron chi connectivity index (χ1n) is 7.93. The third-order valence-electron chi connectivity index (χ3n) is 3.63. The molecule has 0 saturated carbocycles. The van der Waals surface area contributed by atoms with Gasteiger partial charge in [0.15, 0.2) is 0 Å². The van der Waals surface area contributed by atoms with Crippen molar-refractivity contribution in [2.24, 2.45) is 0 Å². The second kappa shape index (κ2) is 8.13. The molecule has 2 aromatic carbocycles. The molecule has 2 aromatic rings. The van der Waals surface area contributed by atoms with Crippen LogP contribution in [0.5, 0.6) is 5.75 Å². The molecule has 0 bridgehead atoms. The Labute approximate surface area is 147 Å². The maximum atomic E-state index is 12.3. The summed E-state index contributed by atoms with van der Waals surface area (Å²) in [5, 5.41) is 2.72. The predicted octanol–water partition coefficient (Wildman–Crippen LogP) is 3.67. The van der Waals surface area contributed by atoms with E-state index >= 15 is 0 Å². The van der Waals surface area contributed by atoms with E-state index in [1.54, 1.807) is 31.2 Å². The van der Waals surface area contributed by atoms with E-state index in [-0.39, 0.29) is 10.8 Å². The van der Waals surface area contributed by atoms with Gasteiger partial charge < -0.3 is 10.1 Å². The molecule has 0 aliphatic heterocycles. The van der Waals surface area contributed by atoms with Crippen molar-refractivity contribution >= 4 is 21.7 Å². The second-order valence-corrected chi connectivity index (χ2v) is 7.05. The van der Waals surface area contributed by atoms with Crippen LogP contribution in [0.4, 0.5) is 5.69 Å². The third kappa shape index (κ3) is 5.30. The standard InChI is InChI=1S/C18H21NO5S/c1-3-4-11-24-15-7-5-14(6-8-15)18(20)19-17-10-9-16(12-13(17)2)25(21,22)23/h5-10,12H,3-4,11H2,1-2H3,(H,19,20)(H,21,22,23). The normalized spacial score (nSPS) is 11.2. The summed E-state index contributed by atoms with van der Waals surface area (Å²) < 4.78 is 36.8. The van der Waals surface area contributed by atoms with Crippen molar-refractivity contribution in [2.45, 2.75) is 31.6 Å². The van der Waals surface area contributed by atoms with E-state index in [1.165, 1.54) is 18.2 Å². The SMILES string of the molecule is CCCCOc1ccc(C(=O)Nc2ccc(S(=O)(=O)O)cc2C)cc1. The van der Waals surface area contributed by atoms with Crippen molar-refractivity contribution in [3.05, 3.63) is 53.6 Å². The summed E-state index contributed by atoms with van der Waals surface area (Å²) in [5.74, 6) is 0.390. The highest BCUT2D eigenvalue weighted by Gasteiger charge is 2.13. The summed E-state index contributed by atoms with van der Waals surface area (Å²) in [6, 6.07) is 10.8. The Balaban J connectivity index is 2.07. The van der Waals surface area contributed by atoms with Gasteiger partial charge in [-0.25, -0.2) is 0 Å². The number of hydrogen-bond acceptors (Lipinski definition) is 4. The highest BCUT2D eigenvalue weighted by atomic mass is 32.2. The maximum absolute atomic E-state index is 12.3. The van der Waals surface area contributed by atoms with Crippen LogP contribution in [0.3, 0.4) is 0 Å². The Morgan fingerprint density at radius 1 is 1.16 bits per heavy atom. The van der Waals surface area contributed by atoms with Crippen LogP contribution in [0, 0.1) is 6.92 Å². The summed E-state index contributed by atoms with van der Waals surface area (Å²) in [6.07, 6.45) is 2.03. The minimum absolute atomic E-state index is 0.212. The van der Waals surface area contributed by atoms with Gasteiger partial charge in [-0.3, -0.25) is 9.35 Å². The minimum atomic E-state index is -4.26. The number of carbonyl (C=O) groups excluding carboxylic acids is 1. The van der Waals surface area contributed by atoms with Crippen molar-refractivity contribution in [1.82, 2.24) is 0 Å². The van der Waals surface area contributed by atoms with Crippen LogP contribution in [0.2, 0.25) is 0 Å². The van der Waals surface area contributed by atoms with Crippen molar-refractivity contribution in [2.75, 3.05) is 11.9 Å². The summed E-state index contributed by atoms with van der Waals surface area (Å²) in [7, 11) is -4.26. The van der Waals surface area contributed by atoms with Gasteiger partial charge in [0.2, 0.25) is 0 Å². The van der Waals surface area contributed by atoms with E-state index in [1.807, 2.05) is 0 Å². The molecule has 2 rings (SSSR count). The molecule has 0 radical (unpaired) electrons. The van der Waals surface area contributed by atoms with Gasteiger partial charge in [-0.2, -0.15) is 8.42 Å². The average molecular weight is 363 g/mol. The molecule has 0 spiro atoms. The van der Waals surface area contributed by atoms with Crippen LogP contribution in [0.25, 0.3) is 0 Å². The van der Waals surface area contributed by atoms with E-state index in [9.17, 15) is 13.2 Å². The molecule has 0 aromatic heterocycles. The van der Waals surface area contributed by atoms with E-state index in [4.69, 9.17) is 9.29 Å². The zero-order valence-corrected chi connectivity index (χ0v) is 15.0. The van der Waals surface area contributed by atoms with E-state index in [2.05, 4.69) is 12.2 Å². The predicted molar refractivity (Wildman–Crippen MR) is 95.8 cm³/mol. The molecular weight excluding hydrogens is 342 g/mol. The van der Waals surface area contributed by atoms with E-state index in [0.29, 0.717) is 29.2 Å². The van der Waals surface area contributed by atoms with Gasteiger partial charge in [0.05, 0.1) is 11.5 Å². The Morgan fingerprint density at radius 2 is 1.84 bits per heavy atom. The Hall–Kier alpha value is -2.38. The van der Waals surface area contributed by atoms with Crippen molar-refractivity contribution < 1.29 is 22.5 Å². The fourth-order valence-electron chi connectivity index (χ4n) is 2.17. The van der Waals surface area contributed by atoms with Gasteiger partial charge >= 0.3 is 0 Å². The molecule has 7 heteroatoms. The lowest BCUT2D eigenvalue weighted by Gasteiger charge is -2.10. The number of carbonyl (C=O) groups is 1. The molecule has 0 unspecified atom stereocenters. The number of amides is 1. The minimum Gasteiger partial charge on any atom is -0.494 e. The first-order chi connectivity index (χ1) is 11.8. The number of unbranched alkanes of at least 4 members (excludes halogenated alkanes) is 1. The molecule has 25 heavy (non-hydrogen) atoms. The highest BCUT2D eigenvalue weighted by molar-refractivity contribution is 7.85. The van der Waals surface area contributed by atoms with Gasteiger partial charge in [-0.15, -0.1) is 0 Å². The average Bonchev–Trinajstić information content (AvgIpc) is 2.56. The van der Waals surface area contributed by atoms with Crippen LogP contribution in [0.1, 0.15) is 35.7 Å². The third-order valence-corrected chi connectivity index (χ3v) is 4.48. The quantitative estimate of drug-likeness (QED) is 0.578. The number of hydrogen-bond donors (Lipinski definition) is 2. The Kier molecular flexibility index (Phi) is 6.17. The lowest BCUT2D eigenvalue weighted by atomic mass is 10.1. The van der Waals surface area contributed by atoms with Crippen molar-refractivity contribution in [1.29, 1.82) is 0 Å². The zero-order chi connectivity index (χ0) is 18.4. The van der Waals surface area contributed by atoms with Crippen LogP contribution in [0.15, 0.2) is 47.4 Å². The summed E-state index contributed by atoms with van der Waals surface area (Å²) >= 11 is 0. The fraction of sp³-hybridized carbons (Fsp3) is 0.278. The van der Waals surface area contributed by atoms with Crippen molar-refractivity contribution in [3.63, 3.8) is 0 Å². The molecule has 0 aliphatic rings. The first-order valence-corrected chi connectivity index (χ1v) is 9.37. The van der Waals surface area contributed by atoms with Crippen LogP contribution in [-0.2, 0) is 10.1 Å². The van der Waals surface area contributed by atoms with Gasteiger partial charge in [0.25, 0.3) is 16.0 Å². The number of anilines is 1. The summed E-state index contributed by atoms with van der Waals surface area (Å²) in [6.45, 7) is 4.37. The van der Waals surface area contributed by atoms with E-state index < -0.39 is 10.1 Å². The number of aryl methyl sites for hydroxylation is 1. The number of nitrogens with one attached hydrogen (secondary N) is 1.